The largest absolute Gasteiger partial charge is 0.388 e. The van der Waals surface area contributed by atoms with Crippen molar-refractivity contribution in [1.29, 1.82) is 0 Å². The molecule has 19 heavy (non-hydrogen) atoms. The van der Waals surface area contributed by atoms with Crippen LogP contribution in [0.15, 0.2) is 24.3 Å². The smallest absolute Gasteiger partial charge is 0.269 e. The number of likely N-dealkylation sites (tertiary alicyclic amines) is 1. The fraction of sp³-hybridized carbons (Fsp3) is 0.462. The van der Waals surface area contributed by atoms with E-state index in [0.717, 1.165) is 0 Å². The van der Waals surface area contributed by atoms with E-state index in [2.05, 4.69) is 0 Å². The van der Waals surface area contributed by atoms with Crippen molar-refractivity contribution < 1.29 is 14.8 Å². The van der Waals surface area contributed by atoms with Crippen molar-refractivity contribution in [3.05, 3.63) is 39.9 Å². The molecule has 1 amide bonds. The zero-order valence-corrected chi connectivity index (χ0v) is 10.7. The van der Waals surface area contributed by atoms with Crippen LogP contribution in [-0.2, 0) is 11.2 Å². The van der Waals surface area contributed by atoms with Gasteiger partial charge in [-0.05, 0) is 18.9 Å². The zero-order valence-electron chi connectivity index (χ0n) is 10.7. The second-order valence-corrected chi connectivity index (χ2v) is 5.17. The number of hydrogen-bond acceptors (Lipinski definition) is 4. The fourth-order valence-corrected chi connectivity index (χ4v) is 2.22. The van der Waals surface area contributed by atoms with Gasteiger partial charge in [-0.3, -0.25) is 14.9 Å². The molecule has 102 valence electrons. The average Bonchev–Trinajstić information content (AvgIpc) is 2.70. The first kappa shape index (κ1) is 13.5. The van der Waals surface area contributed by atoms with Gasteiger partial charge in [-0.25, -0.2) is 0 Å². The Morgan fingerprint density at radius 2 is 2.32 bits per heavy atom. The van der Waals surface area contributed by atoms with E-state index in [1.54, 1.807) is 24.0 Å². The third-order valence-corrected chi connectivity index (χ3v) is 3.28. The van der Waals surface area contributed by atoms with Gasteiger partial charge in [0.15, 0.2) is 0 Å². The molecule has 0 bridgehead atoms. The van der Waals surface area contributed by atoms with E-state index in [4.69, 9.17) is 0 Å². The van der Waals surface area contributed by atoms with Crippen LogP contribution in [0.4, 0.5) is 5.69 Å². The predicted octanol–water partition coefficient (Wildman–Crippen LogP) is 1.12. The maximum atomic E-state index is 12.0. The van der Waals surface area contributed by atoms with Crippen LogP contribution in [0.3, 0.4) is 0 Å². The van der Waals surface area contributed by atoms with Gasteiger partial charge in [0.05, 0.1) is 16.9 Å². The minimum Gasteiger partial charge on any atom is -0.388 e. The van der Waals surface area contributed by atoms with Crippen LogP contribution < -0.4 is 0 Å². The summed E-state index contributed by atoms with van der Waals surface area (Å²) in [6.07, 6.45) is 0.686. The number of carbonyl (C=O) groups excluding carboxylic acids is 1. The normalized spacial score (nSPS) is 22.5. The van der Waals surface area contributed by atoms with Crippen LogP contribution in [0.5, 0.6) is 0 Å². The van der Waals surface area contributed by atoms with Gasteiger partial charge in [0.2, 0.25) is 5.91 Å². The van der Waals surface area contributed by atoms with Crippen molar-refractivity contribution in [3.63, 3.8) is 0 Å². The predicted molar refractivity (Wildman–Crippen MR) is 68.6 cm³/mol. The fourth-order valence-electron chi connectivity index (χ4n) is 2.22. The van der Waals surface area contributed by atoms with Gasteiger partial charge in [-0.15, -0.1) is 0 Å². The van der Waals surface area contributed by atoms with Crippen molar-refractivity contribution >= 4 is 11.6 Å². The highest BCUT2D eigenvalue weighted by molar-refractivity contribution is 5.79. The highest BCUT2D eigenvalue weighted by Gasteiger charge is 2.33. The van der Waals surface area contributed by atoms with E-state index >= 15 is 0 Å². The van der Waals surface area contributed by atoms with Crippen LogP contribution in [0.25, 0.3) is 0 Å². The summed E-state index contributed by atoms with van der Waals surface area (Å²) in [5.41, 5.74) is -0.220. The maximum Gasteiger partial charge on any atom is 0.269 e. The second kappa shape index (κ2) is 4.97. The molecule has 0 saturated carbocycles. The van der Waals surface area contributed by atoms with E-state index in [9.17, 15) is 20.0 Å². The summed E-state index contributed by atoms with van der Waals surface area (Å²) in [6.45, 7) is 2.55. The summed E-state index contributed by atoms with van der Waals surface area (Å²) < 4.78 is 0. The number of benzene rings is 1. The van der Waals surface area contributed by atoms with Gasteiger partial charge in [0.1, 0.15) is 0 Å². The molecule has 1 aromatic rings. The van der Waals surface area contributed by atoms with Crippen LogP contribution in [0.1, 0.15) is 18.9 Å². The first-order valence-corrected chi connectivity index (χ1v) is 6.11. The molecule has 1 fully saturated rings. The number of nitro groups is 1. The molecule has 1 unspecified atom stereocenters. The topological polar surface area (TPSA) is 83.7 Å². The Morgan fingerprint density at radius 3 is 2.89 bits per heavy atom. The molecule has 1 heterocycles. The molecular weight excluding hydrogens is 248 g/mol. The van der Waals surface area contributed by atoms with E-state index in [1.807, 2.05) is 0 Å². The number of hydrogen-bond donors (Lipinski definition) is 1. The quantitative estimate of drug-likeness (QED) is 0.655. The number of nitrogens with zero attached hydrogens (tertiary/aromatic N) is 2. The van der Waals surface area contributed by atoms with Gasteiger partial charge in [0, 0.05) is 25.2 Å². The number of nitro benzene ring substituents is 1. The lowest BCUT2D eigenvalue weighted by Gasteiger charge is -2.19. The number of amides is 1. The zero-order chi connectivity index (χ0) is 14.0. The number of rotatable bonds is 3. The minimum absolute atomic E-state index is 0.0151. The van der Waals surface area contributed by atoms with Crippen molar-refractivity contribution in [2.24, 2.45) is 0 Å². The van der Waals surface area contributed by atoms with Gasteiger partial charge in [-0.2, -0.15) is 0 Å². The SMILES string of the molecule is CC1(O)CCN(C(=O)Cc2cccc([N+](=O)[O-])c2)C1. The summed E-state index contributed by atoms with van der Waals surface area (Å²) in [4.78, 5) is 23.8. The molecular formula is C13H16N2O4. The van der Waals surface area contributed by atoms with Gasteiger partial charge < -0.3 is 10.0 Å². The molecule has 0 aromatic heterocycles. The van der Waals surface area contributed by atoms with Crippen LogP contribution in [-0.4, -0.2) is 39.5 Å². The molecule has 1 aromatic carbocycles. The van der Waals surface area contributed by atoms with Crippen LogP contribution >= 0.6 is 0 Å². The first-order chi connectivity index (χ1) is 8.87. The van der Waals surface area contributed by atoms with E-state index < -0.39 is 10.5 Å². The van der Waals surface area contributed by atoms with Crippen molar-refractivity contribution in [2.45, 2.75) is 25.4 Å². The molecule has 1 atom stereocenters. The summed E-state index contributed by atoms with van der Waals surface area (Å²) in [5.74, 6) is -0.113. The molecule has 0 radical (unpaired) electrons. The molecule has 1 aliphatic heterocycles. The Hall–Kier alpha value is -1.95. The third-order valence-electron chi connectivity index (χ3n) is 3.28. The van der Waals surface area contributed by atoms with Crippen molar-refractivity contribution in [1.82, 2.24) is 4.90 Å². The standard InChI is InChI=1S/C13H16N2O4/c1-13(17)5-6-14(9-13)12(16)8-10-3-2-4-11(7-10)15(18)19/h2-4,7,17H,5-6,8-9H2,1H3. The molecule has 6 nitrogen and oxygen atoms in total. The Kier molecular flexibility index (Phi) is 3.53. The van der Waals surface area contributed by atoms with E-state index in [1.165, 1.54) is 12.1 Å². The minimum atomic E-state index is -0.821. The second-order valence-electron chi connectivity index (χ2n) is 5.17. The summed E-state index contributed by atoms with van der Waals surface area (Å²) in [6, 6.07) is 6.07. The molecule has 6 heteroatoms. The number of non-ortho nitro benzene ring substituents is 1. The third kappa shape index (κ3) is 3.29. The lowest BCUT2D eigenvalue weighted by Crippen LogP contribution is -2.34. The molecule has 0 spiro atoms. The first-order valence-electron chi connectivity index (χ1n) is 6.11. The summed E-state index contributed by atoms with van der Waals surface area (Å²) in [7, 11) is 0. The monoisotopic (exact) mass is 264 g/mol. The van der Waals surface area contributed by atoms with Gasteiger partial charge >= 0.3 is 0 Å². The van der Waals surface area contributed by atoms with E-state index in [0.29, 0.717) is 25.1 Å². The van der Waals surface area contributed by atoms with Gasteiger partial charge in [-0.1, -0.05) is 12.1 Å². The lowest BCUT2D eigenvalue weighted by molar-refractivity contribution is -0.384. The lowest BCUT2D eigenvalue weighted by atomic mass is 10.1. The van der Waals surface area contributed by atoms with Crippen LogP contribution in [0, 0.1) is 10.1 Å². The van der Waals surface area contributed by atoms with Gasteiger partial charge in [0.25, 0.3) is 5.69 Å². The number of carbonyl (C=O) groups is 1. The molecule has 0 aliphatic carbocycles. The maximum absolute atomic E-state index is 12.0. The molecule has 1 saturated heterocycles. The Morgan fingerprint density at radius 1 is 1.58 bits per heavy atom. The Bertz CT molecular complexity index is 513. The van der Waals surface area contributed by atoms with E-state index in [-0.39, 0.29) is 18.0 Å². The number of β-amino-alcohol motifs (C(OH)–C–C–N with tert-alkyl or cyclic N) is 1. The Labute approximate surface area is 110 Å². The Balaban J connectivity index is 2.03. The average molecular weight is 264 g/mol. The number of aliphatic hydroxyl groups is 1. The molecule has 1 aliphatic rings. The molecule has 1 N–H and O–H groups in total. The highest BCUT2D eigenvalue weighted by atomic mass is 16.6. The van der Waals surface area contributed by atoms with Crippen molar-refractivity contribution in [3.8, 4) is 0 Å². The summed E-state index contributed by atoms with van der Waals surface area (Å²) >= 11 is 0. The summed E-state index contributed by atoms with van der Waals surface area (Å²) in [5, 5.41) is 20.5. The highest BCUT2D eigenvalue weighted by Crippen LogP contribution is 2.21. The molecule has 2 rings (SSSR count). The van der Waals surface area contributed by atoms with Crippen molar-refractivity contribution in [2.75, 3.05) is 13.1 Å². The van der Waals surface area contributed by atoms with Crippen LogP contribution in [0.2, 0.25) is 0 Å².